The highest BCUT2D eigenvalue weighted by Gasteiger charge is 2.10. The zero-order valence-corrected chi connectivity index (χ0v) is 14.6. The van der Waals surface area contributed by atoms with Crippen LogP contribution in [-0.2, 0) is 11.2 Å². The maximum atomic E-state index is 12.3. The Morgan fingerprint density at radius 1 is 1.00 bits per heavy atom. The predicted octanol–water partition coefficient (Wildman–Crippen LogP) is 4.92. The van der Waals surface area contributed by atoms with Crippen LogP contribution in [-0.4, -0.2) is 18.1 Å². The number of nitrogens with one attached hydrogen (secondary N) is 1. The molecule has 0 aliphatic rings. The Hall–Kier alpha value is -2.65. The molecule has 0 radical (unpaired) electrons. The number of Topliss-reactive ketones (excluding diaryl/α,β-unsaturated/α-hetero) is 2. The number of carbonyl (C=O) groups is 2. The van der Waals surface area contributed by atoms with Gasteiger partial charge in [0.15, 0.2) is 11.6 Å². The maximum Gasteiger partial charge on any atom is 0.159 e. The van der Waals surface area contributed by atoms with Crippen molar-refractivity contribution in [3.63, 3.8) is 0 Å². The smallest absolute Gasteiger partial charge is 0.159 e. The standard InChI is InChI=1S/C21H18ClNO2/c1-14(24)16-6-4-7-18(11-16)23-13-19(25)12-17-10-9-15-5-2-3-8-20(15)21(17)22/h2-11,23H,12-13H2,1H3. The Labute approximate surface area is 151 Å². The Bertz CT molecular complexity index is 950. The summed E-state index contributed by atoms with van der Waals surface area (Å²) in [5.41, 5.74) is 2.20. The van der Waals surface area contributed by atoms with E-state index < -0.39 is 0 Å². The number of hydrogen-bond donors (Lipinski definition) is 1. The molecule has 0 amide bonds. The van der Waals surface area contributed by atoms with E-state index in [0.29, 0.717) is 10.6 Å². The van der Waals surface area contributed by atoms with Gasteiger partial charge in [-0.3, -0.25) is 9.59 Å². The van der Waals surface area contributed by atoms with E-state index in [0.717, 1.165) is 22.0 Å². The fraction of sp³-hybridized carbons (Fsp3) is 0.143. The largest absolute Gasteiger partial charge is 0.378 e. The molecule has 0 aliphatic heterocycles. The summed E-state index contributed by atoms with van der Waals surface area (Å²) in [4.78, 5) is 23.7. The van der Waals surface area contributed by atoms with Crippen molar-refractivity contribution >= 4 is 39.6 Å². The third kappa shape index (κ3) is 4.06. The fourth-order valence-corrected chi connectivity index (χ4v) is 3.04. The molecule has 0 spiro atoms. The summed E-state index contributed by atoms with van der Waals surface area (Å²) in [7, 11) is 0. The van der Waals surface area contributed by atoms with Gasteiger partial charge in [-0.25, -0.2) is 0 Å². The number of benzene rings is 3. The zero-order chi connectivity index (χ0) is 17.8. The molecule has 0 saturated heterocycles. The summed E-state index contributed by atoms with van der Waals surface area (Å²) in [5.74, 6) is 0.0309. The number of carbonyl (C=O) groups excluding carboxylic acids is 2. The number of rotatable bonds is 6. The second-order valence-corrected chi connectivity index (χ2v) is 6.34. The Morgan fingerprint density at radius 2 is 1.80 bits per heavy atom. The van der Waals surface area contributed by atoms with E-state index in [2.05, 4.69) is 5.32 Å². The van der Waals surface area contributed by atoms with Gasteiger partial charge in [0.25, 0.3) is 0 Å². The van der Waals surface area contributed by atoms with Gasteiger partial charge < -0.3 is 5.32 Å². The van der Waals surface area contributed by atoms with Crippen LogP contribution in [0.2, 0.25) is 5.02 Å². The van der Waals surface area contributed by atoms with Crippen molar-refractivity contribution < 1.29 is 9.59 Å². The van der Waals surface area contributed by atoms with Gasteiger partial charge in [0.1, 0.15) is 0 Å². The molecule has 0 aromatic heterocycles. The van der Waals surface area contributed by atoms with E-state index in [1.54, 1.807) is 18.2 Å². The van der Waals surface area contributed by atoms with E-state index in [-0.39, 0.29) is 24.5 Å². The summed E-state index contributed by atoms with van der Waals surface area (Å²) in [6.45, 7) is 1.70. The minimum Gasteiger partial charge on any atom is -0.378 e. The first-order chi connectivity index (χ1) is 12.0. The molecule has 0 aliphatic carbocycles. The summed E-state index contributed by atoms with van der Waals surface area (Å²) in [6.07, 6.45) is 0.267. The molecule has 25 heavy (non-hydrogen) atoms. The van der Waals surface area contributed by atoms with Crippen molar-refractivity contribution in [3.05, 3.63) is 76.8 Å². The van der Waals surface area contributed by atoms with Gasteiger partial charge in [-0.15, -0.1) is 0 Å². The average Bonchev–Trinajstić information content (AvgIpc) is 2.63. The average molecular weight is 352 g/mol. The first kappa shape index (κ1) is 17.2. The predicted molar refractivity (Wildman–Crippen MR) is 103 cm³/mol. The molecule has 3 rings (SSSR count). The van der Waals surface area contributed by atoms with Crippen molar-refractivity contribution in [2.75, 3.05) is 11.9 Å². The maximum absolute atomic E-state index is 12.3. The summed E-state index contributed by atoms with van der Waals surface area (Å²) in [6, 6.07) is 18.9. The first-order valence-corrected chi connectivity index (χ1v) is 8.45. The van der Waals surface area contributed by atoms with E-state index >= 15 is 0 Å². The second-order valence-electron chi connectivity index (χ2n) is 5.97. The van der Waals surface area contributed by atoms with Crippen LogP contribution in [0.25, 0.3) is 10.8 Å². The summed E-state index contributed by atoms with van der Waals surface area (Å²) < 4.78 is 0. The molecule has 0 bridgehead atoms. The van der Waals surface area contributed by atoms with Crippen LogP contribution in [0.5, 0.6) is 0 Å². The molecule has 126 valence electrons. The fourth-order valence-electron chi connectivity index (χ4n) is 2.74. The SMILES string of the molecule is CC(=O)c1cccc(NCC(=O)Cc2ccc3ccccc3c2Cl)c1. The molecule has 0 atom stereocenters. The molecule has 3 nitrogen and oxygen atoms in total. The van der Waals surface area contributed by atoms with Crippen molar-refractivity contribution in [3.8, 4) is 0 Å². The summed E-state index contributed by atoms with van der Waals surface area (Å²) in [5, 5.41) is 5.71. The van der Waals surface area contributed by atoms with Gasteiger partial charge in [0.05, 0.1) is 11.6 Å². The minimum atomic E-state index is -0.00192. The van der Waals surface area contributed by atoms with Crippen LogP contribution in [0.3, 0.4) is 0 Å². The third-order valence-electron chi connectivity index (χ3n) is 4.09. The van der Waals surface area contributed by atoms with Crippen molar-refractivity contribution in [1.82, 2.24) is 0 Å². The van der Waals surface area contributed by atoms with Crippen LogP contribution in [0, 0.1) is 0 Å². The monoisotopic (exact) mass is 351 g/mol. The molecule has 0 unspecified atom stereocenters. The lowest BCUT2D eigenvalue weighted by Crippen LogP contribution is -2.16. The van der Waals surface area contributed by atoms with Crippen LogP contribution in [0.1, 0.15) is 22.8 Å². The number of fused-ring (bicyclic) bond motifs is 1. The number of ketones is 2. The van der Waals surface area contributed by atoms with Crippen LogP contribution >= 0.6 is 11.6 Å². The topological polar surface area (TPSA) is 46.2 Å². The lowest BCUT2D eigenvalue weighted by atomic mass is 10.0. The van der Waals surface area contributed by atoms with E-state index in [1.165, 1.54) is 6.92 Å². The quantitative estimate of drug-likeness (QED) is 0.641. The van der Waals surface area contributed by atoms with Gasteiger partial charge in [0, 0.05) is 23.1 Å². The van der Waals surface area contributed by atoms with Crippen molar-refractivity contribution in [2.45, 2.75) is 13.3 Å². The lowest BCUT2D eigenvalue weighted by Gasteiger charge is -2.09. The van der Waals surface area contributed by atoms with Crippen LogP contribution in [0.15, 0.2) is 60.7 Å². The van der Waals surface area contributed by atoms with E-state index in [9.17, 15) is 9.59 Å². The molecule has 3 aromatic carbocycles. The molecular formula is C21H18ClNO2. The normalized spacial score (nSPS) is 10.6. The van der Waals surface area contributed by atoms with Gasteiger partial charge in [0.2, 0.25) is 0 Å². The number of halogens is 1. The highest BCUT2D eigenvalue weighted by Crippen LogP contribution is 2.27. The van der Waals surface area contributed by atoms with Gasteiger partial charge in [-0.05, 0) is 30.0 Å². The van der Waals surface area contributed by atoms with E-state index in [1.807, 2.05) is 42.5 Å². The summed E-state index contributed by atoms with van der Waals surface area (Å²) >= 11 is 6.45. The Kier molecular flexibility index (Phi) is 5.15. The minimum absolute atomic E-state index is 0.00192. The highest BCUT2D eigenvalue weighted by atomic mass is 35.5. The molecule has 0 saturated carbocycles. The second kappa shape index (κ2) is 7.49. The first-order valence-electron chi connectivity index (χ1n) is 8.07. The molecule has 1 N–H and O–H groups in total. The molecular weight excluding hydrogens is 334 g/mol. The number of hydrogen-bond acceptors (Lipinski definition) is 3. The van der Waals surface area contributed by atoms with Crippen LogP contribution < -0.4 is 5.32 Å². The number of anilines is 1. The van der Waals surface area contributed by atoms with Gasteiger partial charge in [-0.2, -0.15) is 0 Å². The van der Waals surface area contributed by atoms with Crippen LogP contribution in [0.4, 0.5) is 5.69 Å². The lowest BCUT2D eigenvalue weighted by molar-refractivity contribution is -0.116. The molecule has 3 aromatic rings. The Morgan fingerprint density at radius 3 is 2.60 bits per heavy atom. The van der Waals surface area contributed by atoms with Gasteiger partial charge in [-0.1, -0.05) is 60.1 Å². The van der Waals surface area contributed by atoms with E-state index in [4.69, 9.17) is 11.6 Å². The van der Waals surface area contributed by atoms with Crippen molar-refractivity contribution in [2.24, 2.45) is 0 Å². The Balaban J connectivity index is 1.68. The van der Waals surface area contributed by atoms with Crippen molar-refractivity contribution in [1.29, 1.82) is 0 Å². The molecule has 0 heterocycles. The molecule has 4 heteroatoms. The zero-order valence-electron chi connectivity index (χ0n) is 13.9. The van der Waals surface area contributed by atoms with Gasteiger partial charge >= 0.3 is 0 Å². The highest BCUT2D eigenvalue weighted by molar-refractivity contribution is 6.36. The molecule has 0 fully saturated rings. The third-order valence-corrected chi connectivity index (χ3v) is 4.54.